The van der Waals surface area contributed by atoms with Crippen LogP contribution in [0.2, 0.25) is 0 Å². The highest BCUT2D eigenvalue weighted by molar-refractivity contribution is 6.77. The average Bonchev–Trinajstić information content (AvgIpc) is 2.76. The molecule has 0 amide bonds. The van der Waals surface area contributed by atoms with Crippen LogP contribution in [0.25, 0.3) is 0 Å². The van der Waals surface area contributed by atoms with Crippen molar-refractivity contribution < 1.29 is 13.3 Å². The largest absolute Gasteiger partial charge is 0.539 e. The van der Waals surface area contributed by atoms with Crippen LogP contribution in [0.15, 0.2) is 84.9 Å². The van der Waals surface area contributed by atoms with E-state index in [-0.39, 0.29) is 0 Å². The highest BCUT2D eigenvalue weighted by atomic mass is 28.4. The van der Waals surface area contributed by atoms with Gasteiger partial charge >= 0.3 is 8.80 Å². The first kappa shape index (κ1) is 21.3. The monoisotopic (exact) mass is 407 g/mol. The molecule has 3 rings (SSSR count). The van der Waals surface area contributed by atoms with Crippen LogP contribution < -0.4 is 10.1 Å². The van der Waals surface area contributed by atoms with E-state index in [1.54, 1.807) is 0 Å². The number of para-hydroxylation sites is 3. The number of hydrogen-bond donors (Lipinski definition) is 0. The lowest BCUT2D eigenvalue weighted by Gasteiger charge is -2.34. The summed E-state index contributed by atoms with van der Waals surface area (Å²) in [4.78, 5) is 2.23. The van der Waals surface area contributed by atoms with Crippen molar-refractivity contribution in [1.29, 1.82) is 0 Å². The molecule has 0 aliphatic carbocycles. The maximum absolute atomic E-state index is 6.23. The van der Waals surface area contributed by atoms with Crippen LogP contribution in [0, 0.1) is 0 Å². The normalized spacial score (nSPS) is 11.4. The Morgan fingerprint density at radius 1 is 0.586 bits per heavy atom. The van der Waals surface area contributed by atoms with Crippen LogP contribution in [-0.4, -0.2) is 28.6 Å². The van der Waals surface area contributed by atoms with Gasteiger partial charge in [-0.25, -0.2) is 0 Å². The van der Waals surface area contributed by atoms with E-state index in [9.17, 15) is 0 Å². The fourth-order valence-electron chi connectivity index (χ4n) is 3.44. The van der Waals surface area contributed by atoms with E-state index >= 15 is 0 Å². The molecule has 3 aromatic rings. The number of benzene rings is 3. The molecule has 152 valence electrons. The van der Waals surface area contributed by atoms with E-state index in [0.717, 1.165) is 22.2 Å². The third-order valence-electron chi connectivity index (χ3n) is 4.51. The second kappa shape index (κ2) is 10.4. The lowest BCUT2D eigenvalue weighted by molar-refractivity contribution is 0.0860. The topological polar surface area (TPSA) is 30.9 Å². The third-order valence-corrected chi connectivity index (χ3v) is 7.60. The number of rotatable bonds is 10. The molecule has 0 saturated carbocycles. The van der Waals surface area contributed by atoms with Crippen LogP contribution in [0.5, 0.6) is 0 Å². The maximum atomic E-state index is 6.23. The Kier molecular flexibility index (Phi) is 7.60. The number of nitrogens with zero attached hydrogens (tertiary/aromatic N) is 1. The summed E-state index contributed by atoms with van der Waals surface area (Å²) in [7, 11) is -3.09. The van der Waals surface area contributed by atoms with E-state index in [4.69, 9.17) is 13.3 Å². The van der Waals surface area contributed by atoms with Crippen molar-refractivity contribution in [3.8, 4) is 0 Å². The molecule has 5 heteroatoms. The second-order valence-electron chi connectivity index (χ2n) is 6.38. The molecule has 29 heavy (non-hydrogen) atoms. The van der Waals surface area contributed by atoms with Gasteiger partial charge in [0.25, 0.3) is 0 Å². The first-order valence-corrected chi connectivity index (χ1v) is 11.9. The van der Waals surface area contributed by atoms with E-state index < -0.39 is 8.80 Å². The molecule has 0 aliphatic rings. The van der Waals surface area contributed by atoms with E-state index in [1.807, 2.05) is 69.3 Å². The van der Waals surface area contributed by atoms with Crippen LogP contribution in [0.1, 0.15) is 20.8 Å². The minimum Gasteiger partial charge on any atom is -0.370 e. The molecule has 3 aromatic carbocycles. The zero-order valence-electron chi connectivity index (χ0n) is 17.4. The van der Waals surface area contributed by atoms with E-state index in [2.05, 4.69) is 41.3 Å². The highest BCUT2D eigenvalue weighted by Gasteiger charge is 2.46. The summed E-state index contributed by atoms with van der Waals surface area (Å²) in [6.07, 6.45) is 0. The standard InChI is InChI=1S/C24H29NO3Si/c1-4-26-29(27-5-2,28-6-3)24-20-14-13-19-23(24)25(21-15-9-7-10-16-21)22-17-11-8-12-18-22/h7-20H,4-6H2,1-3H3. The quantitative estimate of drug-likeness (QED) is 0.420. The number of hydrogen-bond acceptors (Lipinski definition) is 4. The second-order valence-corrected chi connectivity index (χ2v) is 8.90. The number of anilines is 3. The summed E-state index contributed by atoms with van der Waals surface area (Å²) in [5, 5.41) is 0.971. The smallest absolute Gasteiger partial charge is 0.370 e. The van der Waals surface area contributed by atoms with E-state index in [1.165, 1.54) is 0 Å². The molecule has 0 N–H and O–H groups in total. The van der Waals surface area contributed by atoms with Gasteiger partial charge in [-0.3, -0.25) is 0 Å². The van der Waals surface area contributed by atoms with Crippen molar-refractivity contribution in [2.45, 2.75) is 20.8 Å². The Bertz CT molecular complexity index is 817. The molecule has 0 radical (unpaired) electrons. The van der Waals surface area contributed by atoms with Crippen molar-refractivity contribution in [2.24, 2.45) is 0 Å². The summed E-state index contributed by atoms with van der Waals surface area (Å²) < 4.78 is 18.7. The van der Waals surface area contributed by atoms with Gasteiger partial charge in [0.05, 0.1) is 5.69 Å². The van der Waals surface area contributed by atoms with Gasteiger partial charge in [0.1, 0.15) is 0 Å². The Morgan fingerprint density at radius 3 is 1.45 bits per heavy atom. The van der Waals surface area contributed by atoms with Gasteiger partial charge in [0.15, 0.2) is 0 Å². The van der Waals surface area contributed by atoms with Gasteiger partial charge in [-0.1, -0.05) is 54.6 Å². The lowest BCUT2D eigenvalue weighted by Crippen LogP contribution is -2.57. The molecule has 0 atom stereocenters. The molecule has 0 fully saturated rings. The van der Waals surface area contributed by atoms with Crippen LogP contribution in [-0.2, 0) is 13.3 Å². The Labute approximate surface area is 175 Å². The predicted molar refractivity (Wildman–Crippen MR) is 121 cm³/mol. The van der Waals surface area contributed by atoms with Gasteiger partial charge in [0, 0.05) is 36.4 Å². The summed E-state index contributed by atoms with van der Waals surface area (Å²) >= 11 is 0. The van der Waals surface area contributed by atoms with Gasteiger partial charge in [0.2, 0.25) is 0 Å². The first-order valence-electron chi connectivity index (χ1n) is 10.2. The molecule has 0 unspecified atom stereocenters. The van der Waals surface area contributed by atoms with Crippen molar-refractivity contribution in [2.75, 3.05) is 24.7 Å². The van der Waals surface area contributed by atoms with Gasteiger partial charge in [-0.05, 0) is 51.1 Å². The zero-order valence-corrected chi connectivity index (χ0v) is 18.4. The minimum atomic E-state index is -3.09. The molecular formula is C24H29NO3Si. The highest BCUT2D eigenvalue weighted by Crippen LogP contribution is 2.34. The summed E-state index contributed by atoms with van der Waals surface area (Å²) in [5.74, 6) is 0. The van der Waals surface area contributed by atoms with Crippen molar-refractivity contribution >= 4 is 31.1 Å². The first-order chi connectivity index (χ1) is 14.3. The van der Waals surface area contributed by atoms with Gasteiger partial charge in [-0.2, -0.15) is 0 Å². The fourth-order valence-corrected chi connectivity index (χ4v) is 6.10. The molecule has 0 spiro atoms. The average molecular weight is 408 g/mol. The minimum absolute atomic E-state index is 0.525. The predicted octanol–water partition coefficient (Wildman–Crippen LogP) is 5.41. The SMILES string of the molecule is CCO[Si](OCC)(OCC)c1ccccc1N(c1ccccc1)c1ccccc1. The Morgan fingerprint density at radius 2 is 1.00 bits per heavy atom. The molecule has 4 nitrogen and oxygen atoms in total. The third kappa shape index (κ3) is 4.76. The van der Waals surface area contributed by atoms with Crippen molar-refractivity contribution in [1.82, 2.24) is 0 Å². The molecule has 0 bridgehead atoms. The molecule has 0 saturated heterocycles. The molecular weight excluding hydrogens is 378 g/mol. The molecule has 0 aliphatic heterocycles. The summed E-state index contributed by atoms with van der Waals surface area (Å²) in [5.41, 5.74) is 3.14. The summed E-state index contributed by atoms with van der Waals surface area (Å²) in [6, 6.07) is 28.9. The van der Waals surface area contributed by atoms with E-state index in [0.29, 0.717) is 19.8 Å². The molecule has 0 heterocycles. The lowest BCUT2D eigenvalue weighted by atomic mass is 10.2. The van der Waals surface area contributed by atoms with Crippen LogP contribution in [0.4, 0.5) is 17.1 Å². The van der Waals surface area contributed by atoms with Crippen molar-refractivity contribution in [3.63, 3.8) is 0 Å². The van der Waals surface area contributed by atoms with Crippen LogP contribution in [0.3, 0.4) is 0 Å². The van der Waals surface area contributed by atoms with Gasteiger partial charge < -0.3 is 18.2 Å². The van der Waals surface area contributed by atoms with Gasteiger partial charge in [-0.15, -0.1) is 0 Å². The van der Waals surface area contributed by atoms with Crippen molar-refractivity contribution in [3.05, 3.63) is 84.9 Å². The fraction of sp³-hybridized carbons (Fsp3) is 0.250. The Hall–Kier alpha value is -2.44. The summed E-state index contributed by atoms with van der Waals surface area (Å²) in [6.45, 7) is 7.52. The zero-order chi connectivity index (χ0) is 20.5. The Balaban J connectivity index is 2.23. The molecule has 0 aromatic heterocycles. The van der Waals surface area contributed by atoms with Crippen LogP contribution >= 0.6 is 0 Å². The maximum Gasteiger partial charge on any atom is 0.539 e.